The number of hydrogen-bond acceptors (Lipinski definition) is 7. The molecule has 0 aliphatic heterocycles. The Balaban J connectivity index is 1.90. The maximum Gasteiger partial charge on any atom is 0.237 e. The summed E-state index contributed by atoms with van der Waals surface area (Å²) in [4.78, 5) is 12.3. The van der Waals surface area contributed by atoms with E-state index in [1.807, 2.05) is 6.92 Å². The van der Waals surface area contributed by atoms with Crippen molar-refractivity contribution in [3.05, 3.63) is 23.2 Å². The Morgan fingerprint density at radius 2 is 2.04 bits per heavy atom. The zero-order chi connectivity index (χ0) is 18.4. The first kappa shape index (κ1) is 20.4. The molecule has 0 saturated carbocycles. The van der Waals surface area contributed by atoms with Gasteiger partial charge in [0.15, 0.2) is 8.68 Å². The lowest BCUT2D eigenvalue weighted by molar-refractivity contribution is -0.115. The molecule has 136 valence electrons. The van der Waals surface area contributed by atoms with Crippen LogP contribution in [0, 0.1) is 5.92 Å². The molecule has 1 N–H and O–H groups in total. The molecule has 1 aromatic heterocycles. The largest absolute Gasteiger partial charge is 0.495 e. The van der Waals surface area contributed by atoms with Gasteiger partial charge in [-0.3, -0.25) is 4.79 Å². The van der Waals surface area contributed by atoms with Crippen molar-refractivity contribution in [2.24, 2.45) is 5.92 Å². The van der Waals surface area contributed by atoms with Crippen molar-refractivity contribution in [3.8, 4) is 5.75 Å². The van der Waals surface area contributed by atoms with Gasteiger partial charge in [0, 0.05) is 11.4 Å². The van der Waals surface area contributed by atoms with Crippen molar-refractivity contribution in [1.82, 2.24) is 10.2 Å². The lowest BCUT2D eigenvalue weighted by atomic mass is 10.3. The number of anilines is 1. The highest BCUT2D eigenvalue weighted by molar-refractivity contribution is 8.03. The van der Waals surface area contributed by atoms with Crippen LogP contribution in [0.1, 0.15) is 20.8 Å². The van der Waals surface area contributed by atoms with Crippen LogP contribution < -0.4 is 10.1 Å². The van der Waals surface area contributed by atoms with Crippen molar-refractivity contribution in [2.75, 3.05) is 18.2 Å². The predicted molar refractivity (Wildman–Crippen MR) is 107 cm³/mol. The molecule has 1 atom stereocenters. The molecule has 0 aliphatic rings. The number of aromatic nitrogens is 2. The summed E-state index contributed by atoms with van der Waals surface area (Å²) in [5, 5.41) is 11.3. The second kappa shape index (κ2) is 9.66. The Kier molecular flexibility index (Phi) is 7.86. The van der Waals surface area contributed by atoms with Crippen LogP contribution in [0.15, 0.2) is 26.9 Å². The number of nitrogens with one attached hydrogen (secondary N) is 1. The van der Waals surface area contributed by atoms with Gasteiger partial charge in [-0.2, -0.15) is 0 Å². The summed E-state index contributed by atoms with van der Waals surface area (Å²) >= 11 is 10.7. The molecule has 1 amide bonds. The highest BCUT2D eigenvalue weighted by Gasteiger charge is 2.18. The lowest BCUT2D eigenvalue weighted by Crippen LogP contribution is -2.22. The van der Waals surface area contributed by atoms with Crippen LogP contribution in [0.2, 0.25) is 5.02 Å². The summed E-state index contributed by atoms with van der Waals surface area (Å²) in [5.41, 5.74) is 0.633. The Hall–Kier alpha value is -0.960. The molecular weight excluding hydrogens is 398 g/mol. The van der Waals surface area contributed by atoms with E-state index in [2.05, 4.69) is 29.4 Å². The van der Waals surface area contributed by atoms with Gasteiger partial charge in [0.2, 0.25) is 5.91 Å². The van der Waals surface area contributed by atoms with Crippen molar-refractivity contribution >= 4 is 58.1 Å². The summed E-state index contributed by atoms with van der Waals surface area (Å²) in [6, 6.07) is 5.14. The fourth-order valence-corrected chi connectivity index (χ4v) is 5.13. The predicted octanol–water partition coefficient (Wildman–Crippen LogP) is 5.07. The molecular formula is C16H20ClN3O2S3. The Morgan fingerprint density at radius 1 is 1.32 bits per heavy atom. The van der Waals surface area contributed by atoms with E-state index in [1.54, 1.807) is 37.1 Å². The van der Waals surface area contributed by atoms with Gasteiger partial charge in [-0.1, -0.05) is 60.3 Å². The monoisotopic (exact) mass is 417 g/mol. The third-order valence-electron chi connectivity index (χ3n) is 2.99. The van der Waals surface area contributed by atoms with Gasteiger partial charge in [0.1, 0.15) is 5.75 Å². The number of amides is 1. The molecule has 0 spiro atoms. The van der Waals surface area contributed by atoms with Crippen molar-refractivity contribution in [3.63, 3.8) is 0 Å². The first-order valence-corrected chi connectivity index (χ1v) is 10.7. The van der Waals surface area contributed by atoms with Crippen LogP contribution in [0.4, 0.5) is 5.69 Å². The van der Waals surface area contributed by atoms with Crippen LogP contribution in [0.25, 0.3) is 0 Å². The second-order valence-electron chi connectivity index (χ2n) is 5.64. The number of rotatable bonds is 8. The smallest absolute Gasteiger partial charge is 0.237 e. The molecule has 2 rings (SSSR count). The average molecular weight is 418 g/mol. The molecule has 1 heterocycles. The normalized spacial score (nSPS) is 12.2. The molecule has 0 radical (unpaired) electrons. The molecule has 2 aromatic rings. The van der Waals surface area contributed by atoms with Crippen LogP contribution in [0.5, 0.6) is 5.75 Å². The lowest BCUT2D eigenvalue weighted by Gasteiger charge is -2.11. The minimum absolute atomic E-state index is 0.113. The van der Waals surface area contributed by atoms with Crippen LogP contribution in [-0.4, -0.2) is 34.2 Å². The third kappa shape index (κ3) is 6.36. The molecule has 5 nitrogen and oxygen atoms in total. The van der Waals surface area contributed by atoms with Gasteiger partial charge in [0.05, 0.1) is 17.4 Å². The minimum atomic E-state index is -0.295. The van der Waals surface area contributed by atoms with Crippen LogP contribution >= 0.6 is 46.5 Å². The number of carbonyl (C=O) groups excluding carboxylic acids is 1. The Labute approximate surface area is 165 Å². The van der Waals surface area contributed by atoms with E-state index in [-0.39, 0.29) is 11.2 Å². The first-order chi connectivity index (χ1) is 11.9. The maximum atomic E-state index is 12.3. The number of thioether (sulfide) groups is 2. The van der Waals surface area contributed by atoms with Crippen molar-refractivity contribution in [2.45, 2.75) is 34.7 Å². The van der Waals surface area contributed by atoms with E-state index in [0.29, 0.717) is 22.4 Å². The maximum absolute atomic E-state index is 12.3. The molecule has 0 saturated heterocycles. The summed E-state index contributed by atoms with van der Waals surface area (Å²) in [5.74, 6) is 2.07. The van der Waals surface area contributed by atoms with E-state index < -0.39 is 0 Å². The standard InChI is InChI=1S/C16H20ClN3O2S3/c1-9(2)8-23-15-19-20-16(25-15)24-10(3)14(21)18-11-5-6-13(22-4)12(17)7-11/h5-7,9-10H,8H2,1-4H3,(H,18,21)/t10-/m0/s1. The highest BCUT2D eigenvalue weighted by atomic mass is 35.5. The average Bonchev–Trinajstić information content (AvgIpc) is 3.00. The quantitative estimate of drug-likeness (QED) is 0.605. The van der Waals surface area contributed by atoms with E-state index in [4.69, 9.17) is 16.3 Å². The van der Waals surface area contributed by atoms with Gasteiger partial charge < -0.3 is 10.1 Å². The molecule has 25 heavy (non-hydrogen) atoms. The Bertz CT molecular complexity index is 724. The molecule has 0 fully saturated rings. The first-order valence-electron chi connectivity index (χ1n) is 7.66. The Morgan fingerprint density at radius 3 is 2.68 bits per heavy atom. The zero-order valence-corrected chi connectivity index (χ0v) is 17.6. The van der Waals surface area contributed by atoms with Gasteiger partial charge in [-0.25, -0.2) is 0 Å². The topological polar surface area (TPSA) is 64.1 Å². The van der Waals surface area contributed by atoms with Gasteiger partial charge in [0.25, 0.3) is 0 Å². The number of halogens is 1. The molecule has 9 heteroatoms. The fourth-order valence-electron chi connectivity index (χ4n) is 1.73. The van der Waals surface area contributed by atoms with Gasteiger partial charge in [-0.15, -0.1) is 10.2 Å². The van der Waals surface area contributed by atoms with Gasteiger partial charge >= 0.3 is 0 Å². The van der Waals surface area contributed by atoms with E-state index in [0.717, 1.165) is 14.4 Å². The van der Waals surface area contributed by atoms with E-state index in [9.17, 15) is 4.79 Å². The number of methoxy groups -OCH3 is 1. The van der Waals surface area contributed by atoms with E-state index in [1.165, 1.54) is 23.1 Å². The number of hydrogen-bond donors (Lipinski definition) is 1. The van der Waals surface area contributed by atoms with Crippen molar-refractivity contribution in [1.29, 1.82) is 0 Å². The molecule has 0 bridgehead atoms. The summed E-state index contributed by atoms with van der Waals surface area (Å²) in [7, 11) is 1.55. The molecule has 1 aromatic carbocycles. The second-order valence-corrected chi connectivity index (χ2v) is 9.88. The number of nitrogens with zero attached hydrogens (tertiary/aromatic N) is 2. The van der Waals surface area contributed by atoms with Crippen LogP contribution in [0.3, 0.4) is 0 Å². The summed E-state index contributed by atoms with van der Waals surface area (Å²) in [6.07, 6.45) is 0. The molecule has 0 aliphatic carbocycles. The zero-order valence-electron chi connectivity index (χ0n) is 14.4. The number of benzene rings is 1. The SMILES string of the molecule is COc1ccc(NC(=O)[C@H](C)Sc2nnc(SCC(C)C)s2)cc1Cl. The van der Waals surface area contributed by atoms with E-state index >= 15 is 0 Å². The summed E-state index contributed by atoms with van der Waals surface area (Å²) in [6.45, 7) is 6.18. The van der Waals surface area contributed by atoms with Gasteiger partial charge in [-0.05, 0) is 31.0 Å². The van der Waals surface area contributed by atoms with Crippen LogP contribution in [-0.2, 0) is 4.79 Å². The third-order valence-corrected chi connectivity index (χ3v) is 6.96. The highest BCUT2D eigenvalue weighted by Crippen LogP contribution is 2.32. The summed E-state index contributed by atoms with van der Waals surface area (Å²) < 4.78 is 6.83. The number of ether oxygens (including phenoxy) is 1. The fraction of sp³-hybridized carbons (Fsp3) is 0.438. The minimum Gasteiger partial charge on any atom is -0.495 e. The molecule has 0 unspecified atom stereocenters. The number of carbonyl (C=O) groups is 1. The van der Waals surface area contributed by atoms with Crippen molar-refractivity contribution < 1.29 is 9.53 Å².